The molecule has 5 heteroatoms. The van der Waals surface area contributed by atoms with Crippen molar-refractivity contribution in [1.82, 2.24) is 4.57 Å². The molecular weight excluding hydrogens is 304 g/mol. The number of rotatable bonds is 5. The van der Waals surface area contributed by atoms with Gasteiger partial charge >= 0.3 is 5.97 Å². The third-order valence-corrected chi connectivity index (χ3v) is 3.59. The Kier molecular flexibility index (Phi) is 4.43. The average Bonchev–Trinajstić information content (AvgIpc) is 3.09. The van der Waals surface area contributed by atoms with Crippen molar-refractivity contribution in [2.24, 2.45) is 4.99 Å². The molecule has 2 aromatic carbocycles. The molecule has 0 fully saturated rings. The fourth-order valence-corrected chi connectivity index (χ4v) is 2.31. The second kappa shape index (κ2) is 6.83. The van der Waals surface area contributed by atoms with Crippen molar-refractivity contribution < 1.29 is 14.6 Å². The Morgan fingerprint density at radius 2 is 1.79 bits per heavy atom. The van der Waals surface area contributed by atoms with Crippen LogP contribution in [0.15, 0.2) is 71.9 Å². The van der Waals surface area contributed by atoms with Gasteiger partial charge in [-0.05, 0) is 60.7 Å². The molecule has 0 bridgehead atoms. The van der Waals surface area contributed by atoms with Crippen LogP contribution in [-0.4, -0.2) is 29.0 Å². The SMILES string of the molecule is COc1ccc(N=Cc2cccn2-c2ccc(C(=O)O)cc2)cc1. The number of methoxy groups -OCH3 is 1. The summed E-state index contributed by atoms with van der Waals surface area (Å²) in [5.74, 6) is -0.147. The van der Waals surface area contributed by atoms with E-state index in [-0.39, 0.29) is 5.56 Å². The smallest absolute Gasteiger partial charge is 0.335 e. The lowest BCUT2D eigenvalue weighted by Crippen LogP contribution is -2.00. The molecule has 5 nitrogen and oxygen atoms in total. The van der Waals surface area contributed by atoms with E-state index in [1.165, 1.54) is 0 Å². The van der Waals surface area contributed by atoms with Crippen molar-refractivity contribution in [3.8, 4) is 11.4 Å². The summed E-state index contributed by atoms with van der Waals surface area (Å²) in [6, 6.07) is 18.0. The van der Waals surface area contributed by atoms with E-state index in [0.29, 0.717) is 0 Å². The lowest BCUT2D eigenvalue weighted by Gasteiger charge is -2.06. The van der Waals surface area contributed by atoms with Gasteiger partial charge in [-0.15, -0.1) is 0 Å². The second-order valence-corrected chi connectivity index (χ2v) is 5.11. The predicted octanol–water partition coefficient (Wildman–Crippen LogP) is 3.93. The van der Waals surface area contributed by atoms with Gasteiger partial charge in [0, 0.05) is 11.9 Å². The fourth-order valence-electron chi connectivity index (χ4n) is 2.31. The molecule has 24 heavy (non-hydrogen) atoms. The van der Waals surface area contributed by atoms with Crippen molar-refractivity contribution in [2.75, 3.05) is 7.11 Å². The first kappa shape index (κ1) is 15.6. The molecular formula is C19H16N2O3. The molecule has 120 valence electrons. The topological polar surface area (TPSA) is 63.8 Å². The van der Waals surface area contributed by atoms with Gasteiger partial charge in [0.05, 0.1) is 30.3 Å². The Morgan fingerprint density at radius 1 is 1.08 bits per heavy atom. The Labute approximate surface area is 139 Å². The Balaban J connectivity index is 1.84. The molecule has 0 spiro atoms. The molecule has 0 saturated carbocycles. The van der Waals surface area contributed by atoms with E-state index >= 15 is 0 Å². The molecule has 3 aromatic rings. The molecule has 0 aliphatic rings. The Hall–Kier alpha value is -3.34. The number of aromatic nitrogens is 1. The van der Waals surface area contributed by atoms with Crippen LogP contribution in [0.1, 0.15) is 16.1 Å². The zero-order valence-corrected chi connectivity index (χ0v) is 13.1. The Morgan fingerprint density at radius 3 is 2.42 bits per heavy atom. The van der Waals surface area contributed by atoms with E-state index in [0.717, 1.165) is 22.8 Å². The quantitative estimate of drug-likeness (QED) is 0.724. The molecule has 0 saturated heterocycles. The number of aromatic carboxylic acids is 1. The maximum atomic E-state index is 10.9. The molecule has 0 aliphatic heterocycles. The van der Waals surface area contributed by atoms with Crippen molar-refractivity contribution in [3.63, 3.8) is 0 Å². The van der Waals surface area contributed by atoms with Gasteiger partial charge in [0.1, 0.15) is 5.75 Å². The molecule has 3 rings (SSSR count). The highest BCUT2D eigenvalue weighted by Gasteiger charge is 2.05. The van der Waals surface area contributed by atoms with Gasteiger partial charge in [-0.25, -0.2) is 4.79 Å². The van der Waals surface area contributed by atoms with Crippen LogP contribution in [0.5, 0.6) is 5.75 Å². The summed E-state index contributed by atoms with van der Waals surface area (Å²) in [5, 5.41) is 8.97. The lowest BCUT2D eigenvalue weighted by atomic mass is 10.2. The van der Waals surface area contributed by atoms with Gasteiger partial charge in [0.2, 0.25) is 0 Å². The van der Waals surface area contributed by atoms with E-state index in [1.54, 1.807) is 37.6 Å². The molecule has 0 amide bonds. The maximum Gasteiger partial charge on any atom is 0.335 e. The highest BCUT2D eigenvalue weighted by Crippen LogP contribution is 2.18. The number of carbonyl (C=O) groups is 1. The van der Waals surface area contributed by atoms with Crippen LogP contribution in [0.2, 0.25) is 0 Å². The number of nitrogens with zero attached hydrogens (tertiary/aromatic N) is 2. The van der Waals surface area contributed by atoms with Crippen LogP contribution in [0.25, 0.3) is 5.69 Å². The lowest BCUT2D eigenvalue weighted by molar-refractivity contribution is 0.0697. The summed E-state index contributed by atoms with van der Waals surface area (Å²) < 4.78 is 7.07. The molecule has 0 atom stereocenters. The highest BCUT2D eigenvalue weighted by atomic mass is 16.5. The molecule has 0 radical (unpaired) electrons. The number of benzene rings is 2. The monoisotopic (exact) mass is 320 g/mol. The van der Waals surface area contributed by atoms with Crippen molar-refractivity contribution in [1.29, 1.82) is 0 Å². The summed E-state index contributed by atoms with van der Waals surface area (Å²) >= 11 is 0. The van der Waals surface area contributed by atoms with Crippen LogP contribution >= 0.6 is 0 Å². The zero-order valence-electron chi connectivity index (χ0n) is 13.1. The van der Waals surface area contributed by atoms with Crippen LogP contribution in [0.3, 0.4) is 0 Å². The highest BCUT2D eigenvalue weighted by molar-refractivity contribution is 5.88. The van der Waals surface area contributed by atoms with Gasteiger partial charge in [0.25, 0.3) is 0 Å². The minimum atomic E-state index is -0.935. The van der Waals surface area contributed by atoms with Gasteiger partial charge in [0.15, 0.2) is 0 Å². The number of hydrogen-bond donors (Lipinski definition) is 1. The average molecular weight is 320 g/mol. The van der Waals surface area contributed by atoms with Crippen LogP contribution in [0.4, 0.5) is 5.69 Å². The zero-order chi connectivity index (χ0) is 16.9. The third-order valence-electron chi connectivity index (χ3n) is 3.59. The van der Waals surface area contributed by atoms with Gasteiger partial charge in [-0.3, -0.25) is 4.99 Å². The van der Waals surface area contributed by atoms with Crippen molar-refractivity contribution in [2.45, 2.75) is 0 Å². The summed E-state index contributed by atoms with van der Waals surface area (Å²) in [5.41, 5.74) is 2.86. The fraction of sp³-hybridized carbons (Fsp3) is 0.0526. The van der Waals surface area contributed by atoms with Crippen LogP contribution in [-0.2, 0) is 0 Å². The van der Waals surface area contributed by atoms with E-state index in [1.807, 2.05) is 47.2 Å². The maximum absolute atomic E-state index is 10.9. The summed E-state index contributed by atoms with van der Waals surface area (Å²) in [6.07, 6.45) is 3.68. The molecule has 1 heterocycles. The number of ether oxygens (including phenoxy) is 1. The number of carboxylic acids is 1. The van der Waals surface area contributed by atoms with Gasteiger partial charge < -0.3 is 14.4 Å². The summed E-state index contributed by atoms with van der Waals surface area (Å²) in [6.45, 7) is 0. The minimum Gasteiger partial charge on any atom is -0.497 e. The molecule has 0 aliphatic carbocycles. The summed E-state index contributed by atoms with van der Waals surface area (Å²) in [4.78, 5) is 15.4. The van der Waals surface area contributed by atoms with Gasteiger partial charge in [-0.2, -0.15) is 0 Å². The number of hydrogen-bond acceptors (Lipinski definition) is 3. The normalized spacial score (nSPS) is 10.9. The third kappa shape index (κ3) is 3.35. The van der Waals surface area contributed by atoms with E-state index in [9.17, 15) is 4.79 Å². The first-order valence-electron chi connectivity index (χ1n) is 7.36. The number of carboxylic acid groups (broad SMARTS) is 1. The first-order valence-corrected chi connectivity index (χ1v) is 7.36. The second-order valence-electron chi connectivity index (χ2n) is 5.11. The first-order chi connectivity index (χ1) is 11.7. The van der Waals surface area contributed by atoms with Crippen LogP contribution < -0.4 is 4.74 Å². The standard InChI is InChI=1S/C19H16N2O3/c1-24-18-10-6-15(7-11-18)20-13-17-3-2-12-21(17)16-8-4-14(5-9-16)19(22)23/h2-13H,1H3,(H,22,23). The molecule has 0 unspecified atom stereocenters. The minimum absolute atomic E-state index is 0.263. The molecule has 1 N–H and O–H groups in total. The molecule has 1 aromatic heterocycles. The largest absolute Gasteiger partial charge is 0.497 e. The predicted molar refractivity (Wildman–Crippen MR) is 93.0 cm³/mol. The Bertz CT molecular complexity index is 862. The number of aliphatic imine (C=N–C) groups is 1. The van der Waals surface area contributed by atoms with E-state index < -0.39 is 5.97 Å². The van der Waals surface area contributed by atoms with E-state index in [2.05, 4.69) is 4.99 Å². The van der Waals surface area contributed by atoms with Crippen molar-refractivity contribution >= 4 is 17.9 Å². The van der Waals surface area contributed by atoms with E-state index in [4.69, 9.17) is 9.84 Å². The summed E-state index contributed by atoms with van der Waals surface area (Å²) in [7, 11) is 1.63. The van der Waals surface area contributed by atoms with Gasteiger partial charge in [-0.1, -0.05) is 0 Å². The van der Waals surface area contributed by atoms with Crippen molar-refractivity contribution in [3.05, 3.63) is 78.1 Å². The van der Waals surface area contributed by atoms with Crippen LogP contribution in [0, 0.1) is 0 Å².